The zero-order valence-electron chi connectivity index (χ0n) is 11.4. The van der Waals surface area contributed by atoms with Gasteiger partial charge in [0.25, 0.3) is 5.91 Å². The molecule has 0 bridgehead atoms. The molecular formula is C15H12ClFN2O3. The van der Waals surface area contributed by atoms with Gasteiger partial charge in [-0.2, -0.15) is 0 Å². The van der Waals surface area contributed by atoms with Crippen LogP contribution < -0.4 is 10.2 Å². The molecule has 1 atom stereocenters. The first-order chi connectivity index (χ1) is 10.6. The van der Waals surface area contributed by atoms with Crippen molar-refractivity contribution in [2.75, 3.05) is 11.4 Å². The number of benzene rings is 1. The van der Waals surface area contributed by atoms with Crippen molar-refractivity contribution >= 4 is 29.1 Å². The minimum atomic E-state index is -0.656. The molecule has 2 heterocycles. The summed E-state index contributed by atoms with van der Waals surface area (Å²) < 4.78 is 18.5. The molecule has 0 saturated carbocycles. The lowest BCUT2D eigenvalue weighted by Crippen LogP contribution is -2.41. The molecular weight excluding hydrogens is 311 g/mol. The largest absolute Gasteiger partial charge is 0.459 e. The van der Waals surface area contributed by atoms with Gasteiger partial charge in [-0.05, 0) is 36.8 Å². The highest BCUT2D eigenvalue weighted by atomic mass is 35.5. The molecule has 1 N–H and O–H groups in total. The molecule has 2 aromatic rings. The van der Waals surface area contributed by atoms with Gasteiger partial charge in [-0.15, -0.1) is 0 Å². The van der Waals surface area contributed by atoms with E-state index in [4.69, 9.17) is 16.0 Å². The van der Waals surface area contributed by atoms with E-state index in [-0.39, 0.29) is 16.7 Å². The molecule has 22 heavy (non-hydrogen) atoms. The Morgan fingerprint density at radius 1 is 1.41 bits per heavy atom. The molecule has 1 fully saturated rings. The average Bonchev–Trinajstić information content (AvgIpc) is 3.13. The molecule has 0 unspecified atom stereocenters. The van der Waals surface area contributed by atoms with Crippen molar-refractivity contribution in [2.24, 2.45) is 0 Å². The Morgan fingerprint density at radius 2 is 2.23 bits per heavy atom. The molecule has 1 aromatic heterocycles. The third-order valence-electron chi connectivity index (χ3n) is 3.47. The quantitative estimate of drug-likeness (QED) is 0.944. The number of anilines is 1. The number of carbonyl (C=O) groups excluding carboxylic acids is 2. The average molecular weight is 323 g/mol. The number of hydrogen-bond acceptors (Lipinski definition) is 3. The molecule has 1 aliphatic rings. The van der Waals surface area contributed by atoms with Crippen molar-refractivity contribution in [1.82, 2.24) is 5.32 Å². The van der Waals surface area contributed by atoms with Gasteiger partial charge in [0.1, 0.15) is 11.9 Å². The van der Waals surface area contributed by atoms with Gasteiger partial charge < -0.3 is 14.6 Å². The van der Waals surface area contributed by atoms with E-state index in [2.05, 4.69) is 5.32 Å². The normalized spacial score (nSPS) is 17.8. The minimum absolute atomic E-state index is 0.00179. The van der Waals surface area contributed by atoms with E-state index < -0.39 is 17.8 Å². The number of rotatable bonds is 3. The fourth-order valence-electron chi connectivity index (χ4n) is 2.36. The predicted octanol–water partition coefficient (Wildman–Crippen LogP) is 2.61. The molecule has 2 amide bonds. The Hall–Kier alpha value is -2.34. The topological polar surface area (TPSA) is 62.6 Å². The number of nitrogens with one attached hydrogen (secondary N) is 1. The Kier molecular flexibility index (Phi) is 3.85. The molecule has 1 aliphatic heterocycles. The van der Waals surface area contributed by atoms with Gasteiger partial charge in [0.05, 0.1) is 11.3 Å². The second-order valence-corrected chi connectivity index (χ2v) is 5.29. The fraction of sp³-hybridized carbons (Fsp3) is 0.200. The molecule has 0 radical (unpaired) electrons. The molecule has 1 aromatic carbocycles. The number of halogens is 2. The zero-order valence-corrected chi connectivity index (χ0v) is 12.1. The van der Waals surface area contributed by atoms with Crippen LogP contribution in [-0.4, -0.2) is 24.4 Å². The van der Waals surface area contributed by atoms with Crippen LogP contribution in [0.3, 0.4) is 0 Å². The smallest absolute Gasteiger partial charge is 0.287 e. The SMILES string of the molecule is O=C(N[C@H]1CCN(c2ccc(Cl)c(F)c2)C1=O)c1ccco1. The van der Waals surface area contributed by atoms with Crippen molar-refractivity contribution in [3.63, 3.8) is 0 Å². The van der Waals surface area contributed by atoms with Crippen molar-refractivity contribution in [2.45, 2.75) is 12.5 Å². The molecule has 1 saturated heterocycles. The van der Waals surface area contributed by atoms with Crippen LogP contribution in [0, 0.1) is 5.82 Å². The highest BCUT2D eigenvalue weighted by Gasteiger charge is 2.34. The van der Waals surface area contributed by atoms with Gasteiger partial charge in [0.15, 0.2) is 5.76 Å². The Morgan fingerprint density at radius 3 is 2.91 bits per heavy atom. The first-order valence-electron chi connectivity index (χ1n) is 6.67. The van der Waals surface area contributed by atoms with E-state index >= 15 is 0 Å². The number of carbonyl (C=O) groups is 2. The molecule has 7 heteroatoms. The summed E-state index contributed by atoms with van der Waals surface area (Å²) in [6.45, 7) is 0.392. The standard InChI is InChI=1S/C15H12ClFN2O3/c16-10-4-3-9(8-11(10)17)19-6-5-12(15(19)21)18-14(20)13-2-1-7-22-13/h1-4,7-8,12H,5-6H2,(H,18,20)/t12-/m0/s1. The second kappa shape index (κ2) is 5.81. The van der Waals surface area contributed by atoms with Crippen LogP contribution in [0.5, 0.6) is 0 Å². The summed E-state index contributed by atoms with van der Waals surface area (Å²) in [6, 6.07) is 6.62. The van der Waals surface area contributed by atoms with Crippen molar-refractivity contribution in [3.05, 3.63) is 53.2 Å². The number of nitrogens with zero attached hydrogens (tertiary/aromatic N) is 1. The summed E-state index contributed by atoms with van der Waals surface area (Å²) in [5.74, 6) is -1.19. The monoisotopic (exact) mass is 322 g/mol. The van der Waals surface area contributed by atoms with E-state index in [9.17, 15) is 14.0 Å². The van der Waals surface area contributed by atoms with Crippen LogP contribution in [0.15, 0.2) is 41.0 Å². The first-order valence-corrected chi connectivity index (χ1v) is 7.05. The molecule has 0 aliphatic carbocycles. The minimum Gasteiger partial charge on any atom is -0.459 e. The number of furan rings is 1. The van der Waals surface area contributed by atoms with Crippen molar-refractivity contribution in [3.8, 4) is 0 Å². The van der Waals surface area contributed by atoms with Crippen LogP contribution in [0.1, 0.15) is 17.0 Å². The second-order valence-electron chi connectivity index (χ2n) is 4.88. The molecule has 0 spiro atoms. The van der Waals surface area contributed by atoms with Crippen LogP contribution in [0.2, 0.25) is 5.02 Å². The van der Waals surface area contributed by atoms with Gasteiger partial charge in [-0.1, -0.05) is 11.6 Å². The van der Waals surface area contributed by atoms with Crippen LogP contribution in [0.25, 0.3) is 0 Å². The molecule has 3 rings (SSSR count). The number of amides is 2. The summed E-state index contributed by atoms with van der Waals surface area (Å²) in [4.78, 5) is 25.7. The molecule has 5 nitrogen and oxygen atoms in total. The maximum atomic E-state index is 13.5. The van der Waals surface area contributed by atoms with Crippen molar-refractivity contribution < 1.29 is 18.4 Å². The zero-order chi connectivity index (χ0) is 15.7. The third-order valence-corrected chi connectivity index (χ3v) is 3.78. The summed E-state index contributed by atoms with van der Waals surface area (Å²) >= 11 is 5.63. The Labute approximate surface area is 130 Å². The summed E-state index contributed by atoms with van der Waals surface area (Å²) in [5, 5.41) is 2.61. The van der Waals surface area contributed by atoms with Crippen LogP contribution in [-0.2, 0) is 4.79 Å². The fourth-order valence-corrected chi connectivity index (χ4v) is 2.48. The number of hydrogen-bond donors (Lipinski definition) is 1. The third kappa shape index (κ3) is 2.69. The lowest BCUT2D eigenvalue weighted by atomic mass is 10.2. The summed E-state index contributed by atoms with van der Waals surface area (Å²) in [6.07, 6.45) is 1.82. The Bertz CT molecular complexity index is 718. The van der Waals surface area contributed by atoms with E-state index in [0.717, 1.165) is 0 Å². The van der Waals surface area contributed by atoms with E-state index in [1.165, 1.54) is 29.4 Å². The van der Waals surface area contributed by atoms with Gasteiger partial charge in [0, 0.05) is 12.2 Å². The summed E-state index contributed by atoms with van der Waals surface area (Å²) in [5.41, 5.74) is 0.418. The lowest BCUT2D eigenvalue weighted by Gasteiger charge is -2.17. The summed E-state index contributed by atoms with van der Waals surface area (Å²) in [7, 11) is 0. The van der Waals surface area contributed by atoms with Crippen LogP contribution in [0.4, 0.5) is 10.1 Å². The van der Waals surface area contributed by atoms with Gasteiger partial charge >= 0.3 is 0 Å². The molecule has 114 valence electrons. The lowest BCUT2D eigenvalue weighted by molar-refractivity contribution is -0.118. The van der Waals surface area contributed by atoms with E-state index in [1.54, 1.807) is 12.1 Å². The van der Waals surface area contributed by atoms with Gasteiger partial charge in [-0.25, -0.2) is 4.39 Å². The highest BCUT2D eigenvalue weighted by Crippen LogP contribution is 2.25. The maximum absolute atomic E-state index is 13.5. The van der Waals surface area contributed by atoms with E-state index in [1.807, 2.05) is 0 Å². The van der Waals surface area contributed by atoms with Crippen LogP contribution >= 0.6 is 11.6 Å². The maximum Gasteiger partial charge on any atom is 0.287 e. The first kappa shape index (κ1) is 14.6. The Balaban J connectivity index is 1.72. The predicted molar refractivity (Wildman–Crippen MR) is 78.3 cm³/mol. The van der Waals surface area contributed by atoms with E-state index in [0.29, 0.717) is 18.7 Å². The van der Waals surface area contributed by atoms with Gasteiger partial charge in [-0.3, -0.25) is 9.59 Å². The van der Waals surface area contributed by atoms with Crippen molar-refractivity contribution in [1.29, 1.82) is 0 Å². The highest BCUT2D eigenvalue weighted by molar-refractivity contribution is 6.30. The van der Waals surface area contributed by atoms with Gasteiger partial charge in [0.2, 0.25) is 5.91 Å².